The molecule has 0 amide bonds. The first-order chi connectivity index (χ1) is 13.0. The summed E-state index contributed by atoms with van der Waals surface area (Å²) in [5, 5.41) is 12.9. The molecule has 3 aromatic rings. The maximum Gasteiger partial charge on any atom is 0.119 e. The van der Waals surface area contributed by atoms with Crippen molar-refractivity contribution in [3.8, 4) is 5.75 Å². The Balaban J connectivity index is 1.82. The molecule has 4 rings (SSSR count). The molecular weight excluding hydrogens is 336 g/mol. The fraction of sp³-hybridized carbons (Fsp3) is 0.348. The number of hydrogen-bond acceptors (Lipinski definition) is 4. The van der Waals surface area contributed by atoms with E-state index in [1.807, 2.05) is 50.5 Å². The third-order valence-electron chi connectivity index (χ3n) is 5.52. The Morgan fingerprint density at radius 1 is 1.15 bits per heavy atom. The summed E-state index contributed by atoms with van der Waals surface area (Å²) in [6, 6.07) is 18.5. The standard InChI is InChI=1S/C23H26N2O2/c1-25(2)15-23(26)14-22-18(11-17-7-4-5-10-21(17)24-22)13-20(23)16-8-6-9-19(12-16)27-3/h4-12,20,26H,13-15H2,1-3H3/t20-,23+/m0/s1. The van der Waals surface area contributed by atoms with Crippen LogP contribution < -0.4 is 4.74 Å². The van der Waals surface area contributed by atoms with Gasteiger partial charge in [0.05, 0.1) is 18.2 Å². The topological polar surface area (TPSA) is 45.6 Å². The predicted molar refractivity (Wildman–Crippen MR) is 108 cm³/mol. The number of rotatable bonds is 4. The van der Waals surface area contributed by atoms with Crippen LogP contribution >= 0.6 is 0 Å². The summed E-state index contributed by atoms with van der Waals surface area (Å²) < 4.78 is 5.42. The van der Waals surface area contributed by atoms with E-state index in [2.05, 4.69) is 23.1 Å². The summed E-state index contributed by atoms with van der Waals surface area (Å²) in [4.78, 5) is 6.93. The molecule has 1 N–H and O–H groups in total. The Morgan fingerprint density at radius 3 is 2.74 bits per heavy atom. The second-order valence-corrected chi connectivity index (χ2v) is 7.84. The Kier molecular flexibility index (Phi) is 4.62. The number of fused-ring (bicyclic) bond motifs is 2. The zero-order chi connectivity index (χ0) is 19.0. The normalized spacial score (nSPS) is 22.0. The highest BCUT2D eigenvalue weighted by molar-refractivity contribution is 5.79. The van der Waals surface area contributed by atoms with Crippen LogP contribution in [0.4, 0.5) is 0 Å². The van der Waals surface area contributed by atoms with Gasteiger partial charge < -0.3 is 14.7 Å². The minimum Gasteiger partial charge on any atom is -0.497 e. The number of likely N-dealkylation sites (N-methyl/N-ethyl adjacent to an activating group) is 1. The molecule has 0 saturated carbocycles. The second-order valence-electron chi connectivity index (χ2n) is 7.84. The van der Waals surface area contributed by atoms with Gasteiger partial charge in [0.2, 0.25) is 0 Å². The number of methoxy groups -OCH3 is 1. The van der Waals surface area contributed by atoms with Gasteiger partial charge in [0.25, 0.3) is 0 Å². The molecule has 27 heavy (non-hydrogen) atoms. The summed E-state index contributed by atoms with van der Waals surface area (Å²) in [6.45, 7) is 0.586. The third-order valence-corrected chi connectivity index (χ3v) is 5.52. The molecule has 140 valence electrons. The van der Waals surface area contributed by atoms with Crippen molar-refractivity contribution >= 4 is 10.9 Å². The number of benzene rings is 2. The quantitative estimate of drug-likeness (QED) is 0.772. The van der Waals surface area contributed by atoms with Crippen LogP contribution in [0.1, 0.15) is 22.7 Å². The van der Waals surface area contributed by atoms with E-state index in [1.165, 1.54) is 5.56 Å². The molecule has 1 heterocycles. The average molecular weight is 362 g/mol. The largest absolute Gasteiger partial charge is 0.497 e. The number of pyridine rings is 1. The van der Waals surface area contributed by atoms with Crippen molar-refractivity contribution < 1.29 is 9.84 Å². The van der Waals surface area contributed by atoms with E-state index in [9.17, 15) is 5.11 Å². The Bertz CT molecular complexity index is 970. The van der Waals surface area contributed by atoms with Crippen molar-refractivity contribution in [1.29, 1.82) is 0 Å². The van der Waals surface area contributed by atoms with Crippen LogP contribution in [0.15, 0.2) is 54.6 Å². The first-order valence-corrected chi connectivity index (χ1v) is 9.37. The molecule has 4 heteroatoms. The Labute approximate surface area is 160 Å². The molecular formula is C23H26N2O2. The Hall–Kier alpha value is -2.43. The highest BCUT2D eigenvalue weighted by Crippen LogP contribution is 2.41. The summed E-state index contributed by atoms with van der Waals surface area (Å²) in [7, 11) is 5.69. The number of para-hydroxylation sites is 1. The molecule has 0 fully saturated rings. The molecule has 0 spiro atoms. The molecule has 1 aliphatic carbocycles. The van der Waals surface area contributed by atoms with Gasteiger partial charge in [0.1, 0.15) is 5.75 Å². The van der Waals surface area contributed by atoms with E-state index in [4.69, 9.17) is 9.72 Å². The van der Waals surface area contributed by atoms with Crippen LogP contribution in [-0.4, -0.2) is 48.3 Å². The zero-order valence-electron chi connectivity index (χ0n) is 16.1. The summed E-state index contributed by atoms with van der Waals surface area (Å²) in [5.74, 6) is 0.813. The summed E-state index contributed by atoms with van der Waals surface area (Å²) >= 11 is 0. The lowest BCUT2D eigenvalue weighted by molar-refractivity contribution is -0.0161. The molecule has 1 aromatic heterocycles. The number of nitrogens with zero attached hydrogens (tertiary/aromatic N) is 2. The van der Waals surface area contributed by atoms with Gasteiger partial charge in [-0.1, -0.05) is 30.3 Å². The summed E-state index contributed by atoms with van der Waals surface area (Å²) in [5.41, 5.74) is 3.46. The van der Waals surface area contributed by atoms with E-state index in [0.29, 0.717) is 13.0 Å². The monoisotopic (exact) mass is 362 g/mol. The molecule has 0 unspecified atom stereocenters. The molecule has 2 aromatic carbocycles. The molecule has 1 aliphatic rings. The Morgan fingerprint density at radius 2 is 1.96 bits per heavy atom. The number of hydrogen-bond donors (Lipinski definition) is 1. The van der Waals surface area contributed by atoms with Crippen LogP contribution in [0.25, 0.3) is 10.9 Å². The predicted octanol–water partition coefficient (Wildman–Crippen LogP) is 3.42. The SMILES string of the molecule is COc1cccc([C@@H]2Cc3cc4ccccc4nc3C[C@@]2(O)CN(C)C)c1. The van der Waals surface area contributed by atoms with Crippen LogP contribution in [0.5, 0.6) is 5.75 Å². The molecule has 4 nitrogen and oxygen atoms in total. The first kappa shape index (κ1) is 18.0. The van der Waals surface area contributed by atoms with Gasteiger partial charge in [-0.3, -0.25) is 4.98 Å². The van der Waals surface area contributed by atoms with Crippen molar-refractivity contribution in [2.75, 3.05) is 27.7 Å². The fourth-order valence-electron chi connectivity index (χ4n) is 4.35. The fourth-order valence-corrected chi connectivity index (χ4v) is 4.35. The number of aliphatic hydroxyl groups is 1. The van der Waals surface area contributed by atoms with E-state index in [0.717, 1.165) is 34.3 Å². The highest BCUT2D eigenvalue weighted by atomic mass is 16.5. The van der Waals surface area contributed by atoms with Crippen LogP contribution in [0, 0.1) is 0 Å². The van der Waals surface area contributed by atoms with Gasteiger partial charge in [-0.25, -0.2) is 0 Å². The molecule has 0 aliphatic heterocycles. The van der Waals surface area contributed by atoms with Crippen LogP contribution in [0.3, 0.4) is 0 Å². The van der Waals surface area contributed by atoms with Crippen LogP contribution in [0.2, 0.25) is 0 Å². The summed E-state index contributed by atoms with van der Waals surface area (Å²) in [6.07, 6.45) is 1.32. The van der Waals surface area contributed by atoms with Gasteiger partial charge in [-0.05, 0) is 55.9 Å². The van der Waals surface area contributed by atoms with Gasteiger partial charge in [0, 0.05) is 30.0 Å². The van der Waals surface area contributed by atoms with Crippen molar-refractivity contribution in [2.24, 2.45) is 0 Å². The van der Waals surface area contributed by atoms with Crippen molar-refractivity contribution in [3.05, 3.63) is 71.4 Å². The van der Waals surface area contributed by atoms with E-state index >= 15 is 0 Å². The van der Waals surface area contributed by atoms with E-state index in [1.54, 1.807) is 7.11 Å². The van der Waals surface area contributed by atoms with E-state index in [-0.39, 0.29) is 5.92 Å². The van der Waals surface area contributed by atoms with Crippen molar-refractivity contribution in [2.45, 2.75) is 24.4 Å². The van der Waals surface area contributed by atoms with Gasteiger partial charge in [0.15, 0.2) is 0 Å². The average Bonchev–Trinajstić information content (AvgIpc) is 2.65. The molecule has 0 saturated heterocycles. The molecule has 0 radical (unpaired) electrons. The van der Waals surface area contributed by atoms with Gasteiger partial charge in [-0.2, -0.15) is 0 Å². The minimum absolute atomic E-state index is 0.00883. The number of aromatic nitrogens is 1. The maximum absolute atomic E-state index is 11.7. The van der Waals surface area contributed by atoms with E-state index < -0.39 is 5.60 Å². The lowest BCUT2D eigenvalue weighted by atomic mass is 9.70. The first-order valence-electron chi connectivity index (χ1n) is 9.37. The zero-order valence-corrected chi connectivity index (χ0v) is 16.1. The van der Waals surface area contributed by atoms with Crippen molar-refractivity contribution in [1.82, 2.24) is 9.88 Å². The molecule has 2 atom stereocenters. The highest BCUT2D eigenvalue weighted by Gasteiger charge is 2.43. The maximum atomic E-state index is 11.7. The minimum atomic E-state index is -0.877. The van der Waals surface area contributed by atoms with Crippen molar-refractivity contribution in [3.63, 3.8) is 0 Å². The van der Waals surface area contributed by atoms with Gasteiger partial charge >= 0.3 is 0 Å². The van der Waals surface area contributed by atoms with Gasteiger partial charge in [-0.15, -0.1) is 0 Å². The number of ether oxygens (including phenoxy) is 1. The smallest absolute Gasteiger partial charge is 0.119 e. The van der Waals surface area contributed by atoms with Crippen LogP contribution in [-0.2, 0) is 12.8 Å². The second kappa shape index (κ2) is 6.95. The lowest BCUT2D eigenvalue weighted by Crippen LogP contribution is -2.50. The third kappa shape index (κ3) is 3.43. The molecule has 0 bridgehead atoms. The lowest BCUT2D eigenvalue weighted by Gasteiger charge is -2.42.